The number of aryl methyl sites for hydroxylation is 1. The molecule has 23 heavy (non-hydrogen) atoms. The van der Waals surface area contributed by atoms with Gasteiger partial charge >= 0.3 is 0 Å². The third-order valence-corrected chi connectivity index (χ3v) is 3.74. The van der Waals surface area contributed by atoms with E-state index in [1.807, 2.05) is 6.92 Å². The summed E-state index contributed by atoms with van der Waals surface area (Å²) in [6.45, 7) is 4.99. The summed E-state index contributed by atoms with van der Waals surface area (Å²) >= 11 is 0. The minimum absolute atomic E-state index is 0.0639. The van der Waals surface area contributed by atoms with Crippen molar-refractivity contribution in [2.45, 2.75) is 39.7 Å². The van der Waals surface area contributed by atoms with E-state index in [-0.39, 0.29) is 18.3 Å². The first-order chi connectivity index (χ1) is 11.0. The van der Waals surface area contributed by atoms with Gasteiger partial charge in [-0.15, -0.1) is 0 Å². The lowest BCUT2D eigenvalue weighted by molar-refractivity contribution is 0.0901. The van der Waals surface area contributed by atoms with Gasteiger partial charge in [0.25, 0.3) is 5.91 Å². The summed E-state index contributed by atoms with van der Waals surface area (Å²) in [4.78, 5) is 27.5. The number of furan rings is 1. The second-order valence-electron chi connectivity index (χ2n) is 5.51. The first-order valence-corrected chi connectivity index (χ1v) is 7.67. The molecule has 2 heterocycles. The molecule has 0 aromatic carbocycles. The number of aromatic amines is 1. The van der Waals surface area contributed by atoms with E-state index < -0.39 is 6.04 Å². The molecule has 0 aliphatic heterocycles. The van der Waals surface area contributed by atoms with Crippen molar-refractivity contribution >= 4 is 11.7 Å². The van der Waals surface area contributed by atoms with Crippen LogP contribution in [0, 0.1) is 6.92 Å². The van der Waals surface area contributed by atoms with Gasteiger partial charge in [-0.3, -0.25) is 9.59 Å². The van der Waals surface area contributed by atoms with Crippen LogP contribution < -0.4 is 5.32 Å². The number of Topliss-reactive ketones (excluding diaryl/α,β-unsaturated/α-hetero) is 1. The van der Waals surface area contributed by atoms with Crippen molar-refractivity contribution in [3.8, 4) is 0 Å². The van der Waals surface area contributed by atoms with Crippen LogP contribution in [-0.4, -0.2) is 28.4 Å². The largest absolute Gasteiger partial charge is 0.467 e. The van der Waals surface area contributed by atoms with Crippen LogP contribution in [0.1, 0.15) is 64.2 Å². The molecule has 1 atom stereocenters. The van der Waals surface area contributed by atoms with Crippen LogP contribution in [0.3, 0.4) is 0 Å². The minimum Gasteiger partial charge on any atom is -0.467 e. The van der Waals surface area contributed by atoms with E-state index in [4.69, 9.17) is 4.42 Å². The SMILES string of the molecule is CCCc1c(C(=O)NC(CO)c2ccco2)[nH]c(C)c1C(C)=O. The Morgan fingerprint density at radius 2 is 2.17 bits per heavy atom. The van der Waals surface area contributed by atoms with Crippen LogP contribution in [0.25, 0.3) is 0 Å². The monoisotopic (exact) mass is 318 g/mol. The van der Waals surface area contributed by atoms with Gasteiger partial charge in [0.1, 0.15) is 17.5 Å². The standard InChI is InChI=1S/C17H22N2O4/c1-4-6-12-15(11(3)21)10(2)18-16(12)17(22)19-13(9-20)14-7-5-8-23-14/h5,7-8,13,18,20H,4,6,9H2,1-3H3,(H,19,22). The molecule has 1 amide bonds. The average Bonchev–Trinajstić information content (AvgIpc) is 3.13. The Hall–Kier alpha value is -2.34. The molecular formula is C17H22N2O4. The number of aliphatic hydroxyl groups excluding tert-OH is 1. The van der Waals surface area contributed by atoms with E-state index in [0.29, 0.717) is 29.1 Å². The van der Waals surface area contributed by atoms with Crippen molar-refractivity contribution in [2.75, 3.05) is 6.61 Å². The molecule has 3 N–H and O–H groups in total. The Morgan fingerprint density at radius 1 is 1.43 bits per heavy atom. The molecule has 0 aliphatic rings. The Balaban J connectivity index is 2.31. The first kappa shape index (κ1) is 17.0. The maximum Gasteiger partial charge on any atom is 0.268 e. The van der Waals surface area contributed by atoms with Gasteiger partial charge in [-0.05, 0) is 38.0 Å². The van der Waals surface area contributed by atoms with Crippen molar-refractivity contribution in [1.82, 2.24) is 10.3 Å². The molecule has 1 unspecified atom stereocenters. The van der Waals surface area contributed by atoms with Crippen molar-refractivity contribution in [2.24, 2.45) is 0 Å². The van der Waals surface area contributed by atoms with E-state index in [2.05, 4.69) is 10.3 Å². The lowest BCUT2D eigenvalue weighted by Crippen LogP contribution is -2.31. The van der Waals surface area contributed by atoms with E-state index in [1.165, 1.54) is 13.2 Å². The summed E-state index contributed by atoms with van der Waals surface area (Å²) in [7, 11) is 0. The Bertz CT molecular complexity index is 686. The van der Waals surface area contributed by atoms with Gasteiger partial charge in [0.05, 0.1) is 12.9 Å². The van der Waals surface area contributed by atoms with Crippen LogP contribution in [0.15, 0.2) is 22.8 Å². The van der Waals surface area contributed by atoms with Crippen molar-refractivity contribution in [3.63, 3.8) is 0 Å². The maximum atomic E-state index is 12.6. The zero-order chi connectivity index (χ0) is 17.0. The molecule has 0 aliphatic carbocycles. The summed E-state index contributed by atoms with van der Waals surface area (Å²) in [6, 6.07) is 2.75. The minimum atomic E-state index is -0.628. The first-order valence-electron chi connectivity index (χ1n) is 7.67. The summed E-state index contributed by atoms with van der Waals surface area (Å²) in [5.74, 6) is 0.0541. The third kappa shape index (κ3) is 3.53. The fraction of sp³-hybridized carbons (Fsp3) is 0.412. The Labute approximate surface area is 134 Å². The number of carbonyl (C=O) groups excluding carboxylic acids is 2. The number of rotatable bonds is 7. The lowest BCUT2D eigenvalue weighted by Gasteiger charge is -2.14. The number of aliphatic hydroxyl groups is 1. The molecule has 2 aromatic rings. The highest BCUT2D eigenvalue weighted by atomic mass is 16.3. The van der Waals surface area contributed by atoms with Crippen LogP contribution >= 0.6 is 0 Å². The maximum absolute atomic E-state index is 12.6. The van der Waals surface area contributed by atoms with Gasteiger partial charge < -0.3 is 19.8 Å². The Morgan fingerprint density at radius 3 is 2.70 bits per heavy atom. The molecule has 124 valence electrons. The van der Waals surface area contributed by atoms with E-state index in [9.17, 15) is 14.7 Å². The van der Waals surface area contributed by atoms with Gasteiger partial charge in [0.15, 0.2) is 5.78 Å². The van der Waals surface area contributed by atoms with Gasteiger partial charge in [-0.2, -0.15) is 0 Å². The number of amides is 1. The van der Waals surface area contributed by atoms with Gasteiger partial charge in [0, 0.05) is 11.3 Å². The molecule has 6 heteroatoms. The second kappa shape index (κ2) is 7.28. The second-order valence-corrected chi connectivity index (χ2v) is 5.51. The molecule has 2 rings (SSSR count). The number of ketones is 1. The van der Waals surface area contributed by atoms with Crippen LogP contribution in [0.2, 0.25) is 0 Å². The average molecular weight is 318 g/mol. The summed E-state index contributed by atoms with van der Waals surface area (Å²) in [5.41, 5.74) is 2.37. The molecule has 0 spiro atoms. The van der Waals surface area contributed by atoms with Crippen LogP contribution in [0.5, 0.6) is 0 Å². The fourth-order valence-corrected chi connectivity index (χ4v) is 2.77. The third-order valence-electron chi connectivity index (χ3n) is 3.74. The summed E-state index contributed by atoms with van der Waals surface area (Å²) < 4.78 is 5.23. The molecule has 6 nitrogen and oxygen atoms in total. The normalized spacial score (nSPS) is 12.2. The number of hydrogen-bond acceptors (Lipinski definition) is 4. The topological polar surface area (TPSA) is 95.3 Å². The highest BCUT2D eigenvalue weighted by Gasteiger charge is 2.24. The highest BCUT2D eigenvalue weighted by molar-refractivity contribution is 6.02. The van der Waals surface area contributed by atoms with Gasteiger partial charge in [0.2, 0.25) is 0 Å². The number of aromatic nitrogens is 1. The highest BCUT2D eigenvalue weighted by Crippen LogP contribution is 2.22. The number of carbonyl (C=O) groups is 2. The molecule has 0 radical (unpaired) electrons. The predicted octanol–water partition coefficient (Wildman–Crippen LogP) is 2.53. The number of hydrogen-bond donors (Lipinski definition) is 3. The molecule has 0 bridgehead atoms. The summed E-state index contributed by atoms with van der Waals surface area (Å²) in [6.07, 6.45) is 2.94. The van der Waals surface area contributed by atoms with Crippen molar-refractivity contribution in [1.29, 1.82) is 0 Å². The molecular weight excluding hydrogens is 296 g/mol. The number of nitrogens with one attached hydrogen (secondary N) is 2. The fourth-order valence-electron chi connectivity index (χ4n) is 2.77. The van der Waals surface area contributed by atoms with Gasteiger partial charge in [-0.25, -0.2) is 0 Å². The zero-order valence-corrected chi connectivity index (χ0v) is 13.6. The lowest BCUT2D eigenvalue weighted by atomic mass is 10.0. The smallest absolute Gasteiger partial charge is 0.268 e. The zero-order valence-electron chi connectivity index (χ0n) is 13.6. The van der Waals surface area contributed by atoms with E-state index in [0.717, 1.165) is 12.0 Å². The molecule has 0 fully saturated rings. The van der Waals surface area contributed by atoms with Crippen molar-refractivity contribution < 1.29 is 19.1 Å². The summed E-state index contributed by atoms with van der Waals surface area (Å²) in [5, 5.41) is 12.2. The van der Waals surface area contributed by atoms with Gasteiger partial charge in [-0.1, -0.05) is 13.3 Å². The van der Waals surface area contributed by atoms with E-state index in [1.54, 1.807) is 19.1 Å². The van der Waals surface area contributed by atoms with Crippen molar-refractivity contribution in [3.05, 3.63) is 46.7 Å². The number of H-pyrrole nitrogens is 1. The Kier molecular flexibility index (Phi) is 5.39. The van der Waals surface area contributed by atoms with E-state index >= 15 is 0 Å². The molecule has 0 saturated heterocycles. The molecule has 2 aromatic heterocycles. The quantitative estimate of drug-likeness (QED) is 0.684. The van der Waals surface area contributed by atoms with Crippen LogP contribution in [0.4, 0.5) is 0 Å². The predicted molar refractivity (Wildman–Crippen MR) is 85.5 cm³/mol. The van der Waals surface area contributed by atoms with Crippen LogP contribution in [-0.2, 0) is 6.42 Å². The molecule has 0 saturated carbocycles.